The van der Waals surface area contributed by atoms with Crippen LogP contribution in [-0.2, 0) is 32.8 Å². The minimum absolute atomic E-state index is 0.00700. The lowest BCUT2D eigenvalue weighted by molar-refractivity contribution is -0.161. The first-order chi connectivity index (χ1) is 24.1. The second kappa shape index (κ2) is 15.7. The fourth-order valence-electron chi connectivity index (χ4n) is 6.22. The normalized spacial score (nSPS) is 17.3. The molecule has 14 heteroatoms. The summed E-state index contributed by atoms with van der Waals surface area (Å²) in [6.07, 6.45) is 6.84. The molecule has 2 aliphatic rings. The van der Waals surface area contributed by atoms with Crippen LogP contribution < -0.4 is 20.5 Å². The highest BCUT2D eigenvalue weighted by atomic mass is 16.7. The molecule has 2 fully saturated rings. The van der Waals surface area contributed by atoms with E-state index in [9.17, 15) is 9.90 Å². The maximum Gasteiger partial charge on any atom is 0.278 e. The van der Waals surface area contributed by atoms with Gasteiger partial charge >= 0.3 is 0 Å². The van der Waals surface area contributed by atoms with Gasteiger partial charge in [0.25, 0.3) is 5.56 Å². The third kappa shape index (κ3) is 8.16. The molecule has 4 aromatic rings. The molecule has 6 rings (SSSR count). The summed E-state index contributed by atoms with van der Waals surface area (Å²) in [4.78, 5) is 32.5. The van der Waals surface area contributed by atoms with E-state index >= 15 is 0 Å². The molecule has 2 aliphatic heterocycles. The fraction of sp³-hybridized carbons (Fsp3) is 0.500. The Labute approximate surface area is 292 Å². The molecule has 2 N–H and O–H groups in total. The van der Waals surface area contributed by atoms with Crippen LogP contribution in [0.25, 0.3) is 16.9 Å². The van der Waals surface area contributed by atoms with E-state index in [-0.39, 0.29) is 25.2 Å². The van der Waals surface area contributed by atoms with Gasteiger partial charge in [-0.05, 0) is 70.3 Å². The van der Waals surface area contributed by atoms with Crippen LogP contribution in [0.2, 0.25) is 0 Å². The second-order valence-electron chi connectivity index (χ2n) is 13.3. The van der Waals surface area contributed by atoms with Crippen molar-refractivity contribution in [2.75, 3.05) is 70.6 Å². The Hall–Kier alpha value is -4.34. The number of methoxy groups -OCH3 is 1. The predicted octanol–water partition coefficient (Wildman–Crippen LogP) is 3.95. The van der Waals surface area contributed by atoms with Gasteiger partial charge in [-0.3, -0.25) is 4.79 Å². The highest BCUT2D eigenvalue weighted by molar-refractivity contribution is 5.77. The Kier molecular flexibility index (Phi) is 11.1. The van der Waals surface area contributed by atoms with Crippen LogP contribution in [0.3, 0.4) is 0 Å². The number of piperazine rings is 1. The lowest BCUT2D eigenvalue weighted by atomic mass is 10.0. The second-order valence-corrected chi connectivity index (χ2v) is 13.3. The van der Waals surface area contributed by atoms with Gasteiger partial charge in [-0.2, -0.15) is 4.98 Å². The van der Waals surface area contributed by atoms with Gasteiger partial charge in [0.1, 0.15) is 16.7 Å². The Balaban J connectivity index is 1.35. The van der Waals surface area contributed by atoms with Crippen molar-refractivity contribution in [2.45, 2.75) is 58.0 Å². The number of ether oxygens (including phenoxy) is 4. The number of nitrogens with zero attached hydrogens (tertiary/aromatic N) is 7. The summed E-state index contributed by atoms with van der Waals surface area (Å²) in [6, 6.07) is 9.60. The molecule has 0 bridgehead atoms. The van der Waals surface area contributed by atoms with Crippen LogP contribution in [-0.4, -0.2) is 101 Å². The van der Waals surface area contributed by atoms with E-state index in [1.165, 1.54) is 23.7 Å². The summed E-state index contributed by atoms with van der Waals surface area (Å²) in [5.41, 5.74) is 2.24. The number of allylic oxidation sites excluding steroid dienone is 1. The van der Waals surface area contributed by atoms with E-state index in [2.05, 4.69) is 45.9 Å². The zero-order valence-electron chi connectivity index (χ0n) is 29.4. The topological polar surface area (TPSA) is 141 Å². The molecule has 14 nitrogen and oxygen atoms in total. The molecule has 0 aliphatic carbocycles. The summed E-state index contributed by atoms with van der Waals surface area (Å²) >= 11 is 0. The molecule has 0 radical (unpaired) electrons. The number of hydrogen-bond acceptors (Lipinski definition) is 12. The SMILES string of the molecule is C=CCn1c(=O)c2cnc(Nc3ccc(N4CCN(C)CC4)c(CCOC4CCCCO4)c3)nc2n1-c1cc(OCOC)cc(C(C)(C)O)n1. The standard InChI is InChI=1S/C36H48N8O6/c1-6-13-43-34(45)28-23-37-35(40-33(28)44(43)31-22-27(50-24-47-5)21-30(39-31)36(2,3)46)38-26-10-11-29(42-16-14-41(4)15-17-42)25(20-26)12-19-49-32-9-7-8-18-48-32/h6,10-11,20-23,32,46H,1,7-9,12-19,24H2,2-5H3,(H,37,38,40). The summed E-state index contributed by atoms with van der Waals surface area (Å²) in [5, 5.41) is 14.5. The maximum atomic E-state index is 13.6. The quantitative estimate of drug-likeness (QED) is 0.146. The molecule has 50 heavy (non-hydrogen) atoms. The van der Waals surface area contributed by atoms with Gasteiger partial charge in [0, 0.05) is 69.6 Å². The minimum atomic E-state index is -1.29. The highest BCUT2D eigenvalue weighted by Crippen LogP contribution is 2.29. The third-order valence-corrected chi connectivity index (χ3v) is 8.94. The van der Waals surface area contributed by atoms with Crippen molar-refractivity contribution in [3.63, 3.8) is 0 Å². The first-order valence-electron chi connectivity index (χ1n) is 17.2. The Morgan fingerprint density at radius 1 is 1.14 bits per heavy atom. The first-order valence-corrected chi connectivity index (χ1v) is 17.2. The number of likely N-dealkylation sites (N-methyl/N-ethyl adjacent to an activating group) is 1. The fourth-order valence-corrected chi connectivity index (χ4v) is 6.22. The summed E-state index contributed by atoms with van der Waals surface area (Å²) in [6.45, 7) is 12.5. The van der Waals surface area contributed by atoms with Crippen molar-refractivity contribution in [1.82, 2.24) is 29.2 Å². The number of hydrogen-bond donors (Lipinski definition) is 2. The number of pyridine rings is 1. The van der Waals surface area contributed by atoms with E-state index in [4.69, 9.17) is 28.9 Å². The van der Waals surface area contributed by atoms with E-state index in [1.807, 2.05) is 6.07 Å². The number of aliphatic hydroxyl groups is 1. The molecule has 268 valence electrons. The number of anilines is 3. The van der Waals surface area contributed by atoms with Crippen LogP contribution >= 0.6 is 0 Å². The first kappa shape index (κ1) is 35.5. The Morgan fingerprint density at radius 3 is 2.68 bits per heavy atom. The smallest absolute Gasteiger partial charge is 0.278 e. The number of benzene rings is 1. The monoisotopic (exact) mass is 688 g/mol. The van der Waals surface area contributed by atoms with E-state index in [0.717, 1.165) is 69.7 Å². The number of fused-ring (bicyclic) bond motifs is 1. The van der Waals surface area contributed by atoms with Crippen molar-refractivity contribution in [1.29, 1.82) is 0 Å². The Bertz CT molecular complexity index is 1840. The summed E-state index contributed by atoms with van der Waals surface area (Å²) in [5.74, 6) is 1.05. The van der Waals surface area contributed by atoms with Crippen LogP contribution in [0, 0.1) is 0 Å². The molecular weight excluding hydrogens is 640 g/mol. The largest absolute Gasteiger partial charge is 0.467 e. The zero-order chi connectivity index (χ0) is 35.3. The van der Waals surface area contributed by atoms with Gasteiger partial charge in [-0.15, -0.1) is 6.58 Å². The third-order valence-electron chi connectivity index (χ3n) is 8.94. The Morgan fingerprint density at radius 2 is 1.96 bits per heavy atom. The van der Waals surface area contributed by atoms with Gasteiger partial charge in [-0.1, -0.05) is 6.08 Å². The molecule has 2 saturated heterocycles. The average Bonchev–Trinajstić information content (AvgIpc) is 3.38. The molecule has 1 unspecified atom stereocenters. The van der Waals surface area contributed by atoms with Crippen LogP contribution in [0.4, 0.5) is 17.3 Å². The van der Waals surface area contributed by atoms with E-state index in [1.54, 1.807) is 36.7 Å². The predicted molar refractivity (Wildman–Crippen MR) is 192 cm³/mol. The van der Waals surface area contributed by atoms with Crippen LogP contribution in [0.5, 0.6) is 5.75 Å². The average molecular weight is 689 g/mol. The molecule has 5 heterocycles. The summed E-state index contributed by atoms with van der Waals surface area (Å²) < 4.78 is 25.9. The molecule has 3 aromatic heterocycles. The van der Waals surface area contributed by atoms with Crippen molar-refractivity contribution in [3.05, 3.63) is 70.8 Å². The van der Waals surface area contributed by atoms with E-state index in [0.29, 0.717) is 40.8 Å². The van der Waals surface area contributed by atoms with Crippen LogP contribution in [0.15, 0.2) is 54.0 Å². The molecular formula is C36H48N8O6. The number of aromatic nitrogens is 5. The molecule has 1 aromatic carbocycles. The van der Waals surface area contributed by atoms with Gasteiger partial charge < -0.3 is 39.2 Å². The molecule has 1 atom stereocenters. The number of rotatable bonds is 14. The van der Waals surface area contributed by atoms with Crippen molar-refractivity contribution in [2.24, 2.45) is 0 Å². The molecule has 0 saturated carbocycles. The van der Waals surface area contributed by atoms with Gasteiger partial charge in [0.2, 0.25) is 5.95 Å². The van der Waals surface area contributed by atoms with E-state index < -0.39 is 5.60 Å². The zero-order valence-corrected chi connectivity index (χ0v) is 29.4. The van der Waals surface area contributed by atoms with Gasteiger partial charge in [0.05, 0.1) is 18.8 Å². The maximum absolute atomic E-state index is 13.6. The van der Waals surface area contributed by atoms with Gasteiger partial charge in [-0.25, -0.2) is 19.3 Å². The molecule has 0 amide bonds. The van der Waals surface area contributed by atoms with Crippen molar-refractivity contribution >= 4 is 28.4 Å². The molecule has 0 spiro atoms. The van der Waals surface area contributed by atoms with Crippen molar-refractivity contribution in [3.8, 4) is 11.6 Å². The summed E-state index contributed by atoms with van der Waals surface area (Å²) in [7, 11) is 3.67. The number of nitrogens with one attached hydrogen (secondary N) is 1. The van der Waals surface area contributed by atoms with Crippen LogP contribution in [0.1, 0.15) is 44.4 Å². The lowest BCUT2D eigenvalue weighted by Crippen LogP contribution is -2.44. The van der Waals surface area contributed by atoms with Gasteiger partial charge in [0.15, 0.2) is 24.5 Å². The lowest BCUT2D eigenvalue weighted by Gasteiger charge is -2.35. The van der Waals surface area contributed by atoms with Crippen molar-refractivity contribution < 1.29 is 24.1 Å². The highest BCUT2D eigenvalue weighted by Gasteiger charge is 2.24. The minimum Gasteiger partial charge on any atom is -0.467 e.